The van der Waals surface area contributed by atoms with E-state index in [2.05, 4.69) is 33.1 Å². The molecule has 0 saturated heterocycles. The van der Waals surface area contributed by atoms with E-state index in [4.69, 9.17) is 5.11 Å². The van der Waals surface area contributed by atoms with Gasteiger partial charge in [-0.25, -0.2) is 0 Å². The fourth-order valence-corrected chi connectivity index (χ4v) is 9.01. The van der Waals surface area contributed by atoms with E-state index in [9.17, 15) is 9.90 Å². The summed E-state index contributed by atoms with van der Waals surface area (Å²) in [6.07, 6.45) is 10.7. The van der Waals surface area contributed by atoms with Crippen molar-refractivity contribution in [1.82, 2.24) is 5.32 Å². The fraction of sp³-hybridized carbons (Fsp3) is 0.960. The van der Waals surface area contributed by atoms with Crippen molar-refractivity contribution < 1.29 is 15.0 Å². The highest BCUT2D eigenvalue weighted by Crippen LogP contribution is 2.68. The summed E-state index contributed by atoms with van der Waals surface area (Å²) in [5.41, 5.74) is 0.678. The number of hydrogen-bond acceptors (Lipinski definition) is 3. The van der Waals surface area contributed by atoms with Crippen LogP contribution in [0.2, 0.25) is 0 Å². The summed E-state index contributed by atoms with van der Waals surface area (Å²) in [6, 6.07) is 0.622. The molecule has 0 aromatic heterocycles. The fourth-order valence-electron chi connectivity index (χ4n) is 9.01. The van der Waals surface area contributed by atoms with Gasteiger partial charge in [0.15, 0.2) is 0 Å². The van der Waals surface area contributed by atoms with Crippen molar-refractivity contribution in [3.05, 3.63) is 0 Å². The van der Waals surface area contributed by atoms with Crippen LogP contribution in [0.4, 0.5) is 0 Å². The van der Waals surface area contributed by atoms with Gasteiger partial charge in [-0.2, -0.15) is 0 Å². The second kappa shape index (κ2) is 7.82. The van der Waals surface area contributed by atoms with Crippen molar-refractivity contribution in [2.24, 2.45) is 46.3 Å². The Morgan fingerprint density at radius 1 is 1.07 bits per heavy atom. The van der Waals surface area contributed by atoms with Gasteiger partial charge in [0, 0.05) is 12.5 Å². The third kappa shape index (κ3) is 3.46. The van der Waals surface area contributed by atoms with Gasteiger partial charge in [-0.15, -0.1) is 0 Å². The summed E-state index contributed by atoms with van der Waals surface area (Å²) in [5.74, 6) is 2.81. The summed E-state index contributed by atoms with van der Waals surface area (Å²) in [6.45, 7) is 7.32. The zero-order chi connectivity index (χ0) is 21.0. The summed E-state index contributed by atoms with van der Waals surface area (Å²) in [4.78, 5) is 11.1. The summed E-state index contributed by atoms with van der Waals surface area (Å²) >= 11 is 0. The van der Waals surface area contributed by atoms with Gasteiger partial charge in [0.05, 0.1) is 6.10 Å². The first-order chi connectivity index (χ1) is 13.7. The SMILES string of the molecule is CNC1CC[C@]2(C)C3CC[C@]4(C)C(C(C)CCC(=O)O)CCC4C3[C@H](O)C[C@@H]2C1. The predicted molar refractivity (Wildman–Crippen MR) is 115 cm³/mol. The van der Waals surface area contributed by atoms with Gasteiger partial charge in [-0.3, -0.25) is 4.79 Å². The molecular weight excluding hydrogens is 362 g/mol. The molecule has 4 heteroatoms. The monoisotopic (exact) mass is 405 g/mol. The Bertz CT molecular complexity index is 623. The molecule has 4 rings (SSSR count). The molecule has 29 heavy (non-hydrogen) atoms. The molecular formula is C25H43NO3. The van der Waals surface area contributed by atoms with Crippen LogP contribution in [0.1, 0.15) is 85.0 Å². The lowest BCUT2D eigenvalue weighted by atomic mass is 9.43. The summed E-state index contributed by atoms with van der Waals surface area (Å²) in [7, 11) is 2.09. The zero-order valence-corrected chi connectivity index (χ0v) is 19.0. The Labute approximate surface area is 177 Å². The molecule has 4 aliphatic rings. The normalized spacial score (nSPS) is 50.3. The number of nitrogens with one attached hydrogen (secondary N) is 1. The molecule has 166 valence electrons. The Morgan fingerprint density at radius 2 is 1.76 bits per heavy atom. The highest BCUT2D eigenvalue weighted by Gasteiger charge is 2.62. The van der Waals surface area contributed by atoms with Gasteiger partial charge < -0.3 is 15.5 Å². The van der Waals surface area contributed by atoms with Gasteiger partial charge in [0.1, 0.15) is 0 Å². The predicted octanol–water partition coefficient (Wildman–Crippen LogP) is 4.71. The van der Waals surface area contributed by atoms with Gasteiger partial charge in [-0.05, 0) is 111 Å². The van der Waals surface area contributed by atoms with Crippen LogP contribution in [0.3, 0.4) is 0 Å². The van der Waals surface area contributed by atoms with Crippen LogP contribution in [0.15, 0.2) is 0 Å². The van der Waals surface area contributed by atoms with Crippen LogP contribution in [0, 0.1) is 46.3 Å². The smallest absolute Gasteiger partial charge is 0.303 e. The van der Waals surface area contributed by atoms with E-state index in [0.29, 0.717) is 53.4 Å². The molecule has 0 amide bonds. The van der Waals surface area contributed by atoms with Crippen molar-refractivity contribution >= 4 is 5.97 Å². The van der Waals surface area contributed by atoms with Crippen molar-refractivity contribution in [3.63, 3.8) is 0 Å². The number of aliphatic carboxylic acids is 1. The average Bonchev–Trinajstić information content (AvgIpc) is 3.03. The van der Waals surface area contributed by atoms with Crippen molar-refractivity contribution in [3.8, 4) is 0 Å². The van der Waals surface area contributed by atoms with Crippen LogP contribution in [0.25, 0.3) is 0 Å². The third-order valence-corrected chi connectivity index (χ3v) is 10.7. The number of carbonyl (C=O) groups is 1. The maximum atomic E-state index is 11.4. The van der Waals surface area contributed by atoms with Gasteiger partial charge in [0.2, 0.25) is 0 Å². The molecule has 4 nitrogen and oxygen atoms in total. The molecule has 0 aliphatic heterocycles. The molecule has 0 radical (unpaired) electrons. The lowest BCUT2D eigenvalue weighted by Gasteiger charge is -2.62. The van der Waals surface area contributed by atoms with Crippen molar-refractivity contribution in [1.29, 1.82) is 0 Å². The number of aliphatic hydroxyl groups excluding tert-OH is 1. The summed E-state index contributed by atoms with van der Waals surface area (Å²) < 4.78 is 0. The molecule has 0 bridgehead atoms. The van der Waals surface area contributed by atoms with E-state index in [1.807, 2.05) is 0 Å². The minimum atomic E-state index is -0.668. The molecule has 0 aromatic carbocycles. The van der Waals surface area contributed by atoms with E-state index in [0.717, 1.165) is 12.8 Å². The van der Waals surface area contributed by atoms with Gasteiger partial charge in [0.25, 0.3) is 0 Å². The highest BCUT2D eigenvalue weighted by atomic mass is 16.4. The third-order valence-electron chi connectivity index (χ3n) is 10.7. The van der Waals surface area contributed by atoms with E-state index < -0.39 is 5.97 Å². The van der Waals surface area contributed by atoms with E-state index >= 15 is 0 Å². The number of hydrogen-bond donors (Lipinski definition) is 3. The van der Waals surface area contributed by atoms with E-state index in [-0.39, 0.29) is 11.5 Å². The minimum Gasteiger partial charge on any atom is -0.481 e. The van der Waals surface area contributed by atoms with Gasteiger partial charge in [-0.1, -0.05) is 20.8 Å². The molecule has 4 aliphatic carbocycles. The highest BCUT2D eigenvalue weighted by molar-refractivity contribution is 5.66. The Kier molecular flexibility index (Phi) is 5.83. The second-order valence-corrected chi connectivity index (χ2v) is 11.7. The first kappa shape index (κ1) is 21.6. The number of aliphatic hydroxyl groups is 1. The molecule has 0 aromatic rings. The lowest BCUT2D eigenvalue weighted by molar-refractivity contribution is -0.167. The van der Waals surface area contributed by atoms with Crippen molar-refractivity contribution in [2.75, 3.05) is 7.05 Å². The van der Waals surface area contributed by atoms with Crippen LogP contribution >= 0.6 is 0 Å². The molecule has 10 atom stereocenters. The number of carboxylic acid groups (broad SMARTS) is 1. The molecule has 0 spiro atoms. The second-order valence-electron chi connectivity index (χ2n) is 11.7. The molecule has 4 fully saturated rings. The van der Waals surface area contributed by atoms with E-state index in [1.165, 1.54) is 44.9 Å². The number of fused-ring (bicyclic) bond motifs is 5. The quantitative estimate of drug-likeness (QED) is 0.620. The standard InChI is InChI=1S/C25H43NO3/c1-15(5-8-22(28)29)18-6-7-19-23-20(10-12-25(18,19)3)24(2)11-9-17(26-4)13-16(24)14-21(23)27/h15-21,23,26-27H,5-14H2,1-4H3,(H,28,29)/t15?,16-,17?,18?,19?,20?,21+,23?,24-,25+/m0/s1. The van der Waals surface area contributed by atoms with Gasteiger partial charge >= 0.3 is 5.97 Å². The Balaban J connectivity index is 1.54. The van der Waals surface area contributed by atoms with Crippen LogP contribution in [0.5, 0.6) is 0 Å². The molecule has 3 N–H and O–H groups in total. The maximum Gasteiger partial charge on any atom is 0.303 e. The first-order valence-corrected chi connectivity index (χ1v) is 12.3. The number of carboxylic acids is 1. The average molecular weight is 406 g/mol. The zero-order valence-electron chi connectivity index (χ0n) is 19.0. The van der Waals surface area contributed by atoms with Crippen LogP contribution in [-0.2, 0) is 4.79 Å². The number of rotatable bonds is 5. The lowest BCUT2D eigenvalue weighted by Crippen LogP contribution is -2.59. The Morgan fingerprint density at radius 3 is 2.45 bits per heavy atom. The first-order valence-electron chi connectivity index (χ1n) is 12.3. The summed E-state index contributed by atoms with van der Waals surface area (Å²) in [5, 5.41) is 24.0. The van der Waals surface area contributed by atoms with Crippen LogP contribution in [-0.4, -0.2) is 35.4 Å². The topological polar surface area (TPSA) is 69.6 Å². The molecule has 4 saturated carbocycles. The van der Waals surface area contributed by atoms with Crippen LogP contribution < -0.4 is 5.32 Å². The van der Waals surface area contributed by atoms with E-state index in [1.54, 1.807) is 0 Å². The molecule has 0 heterocycles. The minimum absolute atomic E-state index is 0.147. The van der Waals surface area contributed by atoms with Crippen molar-refractivity contribution in [2.45, 2.75) is 97.1 Å². The maximum absolute atomic E-state index is 11.4. The largest absolute Gasteiger partial charge is 0.481 e. The molecule has 6 unspecified atom stereocenters. The Hall–Kier alpha value is -0.610.